The van der Waals surface area contributed by atoms with Crippen LogP contribution in [0.3, 0.4) is 0 Å². The van der Waals surface area contributed by atoms with E-state index in [-0.39, 0.29) is 93.0 Å². The van der Waals surface area contributed by atoms with Crippen molar-refractivity contribution in [3.63, 3.8) is 0 Å². The highest BCUT2D eigenvalue weighted by atomic mass is 32.2. The number of benzene rings is 3. The molecule has 128 heavy (non-hydrogen) atoms. The number of rotatable bonds is 38. The van der Waals surface area contributed by atoms with E-state index in [1.165, 1.54) is 147 Å². The molecule has 0 radical (unpaired) electrons. The molecule has 690 valence electrons. The molecule has 6 aromatic rings. The van der Waals surface area contributed by atoms with Gasteiger partial charge in [-0.3, -0.25) is 71.9 Å². The summed E-state index contributed by atoms with van der Waals surface area (Å²) in [4.78, 5) is 246. The van der Waals surface area contributed by atoms with Gasteiger partial charge in [0.05, 0.1) is 94.5 Å². The molecule has 2 aliphatic heterocycles. The van der Waals surface area contributed by atoms with Crippen LogP contribution in [0.1, 0.15) is 98.6 Å². The summed E-state index contributed by atoms with van der Waals surface area (Å²) in [5.74, 6) is -10.4. The Morgan fingerprint density at radius 3 is 1.48 bits per heavy atom. The molecule has 42 nitrogen and oxygen atoms in total. The number of carbonyl (C=O) groups is 16. The van der Waals surface area contributed by atoms with Gasteiger partial charge in [-0.05, 0) is 105 Å². The number of amides is 15. The van der Waals surface area contributed by atoms with Gasteiger partial charge in [0.15, 0.2) is 5.60 Å². The van der Waals surface area contributed by atoms with Crippen molar-refractivity contribution in [3.05, 3.63) is 122 Å². The van der Waals surface area contributed by atoms with E-state index in [4.69, 9.17) is 18.9 Å². The largest absolute Gasteiger partial charge is 0.458 e. The van der Waals surface area contributed by atoms with Gasteiger partial charge in [0.25, 0.3) is 11.5 Å². The molecule has 0 saturated carbocycles. The van der Waals surface area contributed by atoms with Crippen molar-refractivity contribution in [1.82, 2.24) is 89.2 Å². The van der Waals surface area contributed by atoms with Crippen LogP contribution in [0.15, 0.2) is 87.2 Å². The third-order valence-corrected chi connectivity index (χ3v) is 22.8. The minimum absolute atomic E-state index is 0.0518. The van der Waals surface area contributed by atoms with Crippen molar-refractivity contribution in [3.8, 4) is 22.8 Å². The van der Waals surface area contributed by atoms with E-state index < -0.39 is 191 Å². The molecule has 0 aliphatic carbocycles. The van der Waals surface area contributed by atoms with Gasteiger partial charge in [-0.15, -0.1) is 5.10 Å². The van der Waals surface area contributed by atoms with Gasteiger partial charge < -0.3 is 98.3 Å². The molecule has 8 rings (SSSR count). The summed E-state index contributed by atoms with van der Waals surface area (Å²) in [7, 11) is 10.9. The maximum Gasteiger partial charge on any atom is 0.410 e. The smallest absolute Gasteiger partial charge is 0.410 e. The molecular weight excluding hydrogens is 1690 g/mol. The quantitative estimate of drug-likeness (QED) is 0.0357. The van der Waals surface area contributed by atoms with Gasteiger partial charge >= 0.3 is 17.3 Å². The zero-order chi connectivity index (χ0) is 95.2. The summed E-state index contributed by atoms with van der Waals surface area (Å²) in [6.45, 7) is 5.67. The zero-order valence-electron chi connectivity index (χ0n) is 75.3. The van der Waals surface area contributed by atoms with Gasteiger partial charge in [-0.25, -0.2) is 23.0 Å². The standard InChI is InChI=1S/C85H111N19O23S/c1-20-85(122)62-34-64-76-60(36-104(64)81(119)61(62)48-125-82(85)120)58(59-23-21-22-24-63(59)88-76)31-32-103(50(4)5)84(121)126-47-55-29-30-57(87-77(116)51(6)86-79(118)75(49(2)3)89-78(117)53-25-27-54(28-26-53)80-90-91-83(127-80)128(19,123)124)33-56(55)35-93(9)66(107)38-95(11)68(109)40-97(13)70(111)42-99(15)72(113)44-101(17)74(115)46-102(18)73(114)45-100(16)71(112)43-98(14)69(110)41-96(12)67(108)39-94(10)65(106)37-92(8)52(7)105/h21-30,33-34,49-51,75,122H,20,31-32,35-48H2,1-19H3,(H,86,118)(H,87,116)(H,89,117)/t51-,75-,85-/m0/s1. The van der Waals surface area contributed by atoms with Crippen molar-refractivity contribution in [2.24, 2.45) is 5.92 Å². The monoisotopic (exact) mass is 1800 g/mol. The van der Waals surface area contributed by atoms with E-state index in [0.29, 0.717) is 39.2 Å². The molecule has 43 heteroatoms. The van der Waals surface area contributed by atoms with Crippen LogP contribution in [0.5, 0.6) is 0 Å². The molecule has 5 heterocycles. The fraction of sp³-hybridized carbons (Fsp3) is 0.482. The van der Waals surface area contributed by atoms with E-state index in [9.17, 15) is 95.0 Å². The molecule has 0 fully saturated rings. The summed E-state index contributed by atoms with van der Waals surface area (Å²) >= 11 is 0. The van der Waals surface area contributed by atoms with Crippen LogP contribution in [0.25, 0.3) is 33.7 Å². The predicted octanol–water partition coefficient (Wildman–Crippen LogP) is -0.417. The van der Waals surface area contributed by atoms with Gasteiger partial charge in [0, 0.05) is 143 Å². The number of cyclic esters (lactones) is 1. The number of nitrogens with zero attached hydrogens (tertiary/aromatic N) is 16. The summed E-state index contributed by atoms with van der Waals surface area (Å²) in [6.07, 6.45) is 0.355. The highest BCUT2D eigenvalue weighted by Crippen LogP contribution is 2.41. The number of esters is 1. The second-order valence-electron chi connectivity index (χ2n) is 32.6. The lowest BCUT2D eigenvalue weighted by molar-refractivity contribution is -0.172. The number of hydrogen-bond acceptors (Lipinski definition) is 26. The molecule has 0 bridgehead atoms. The Labute approximate surface area is 739 Å². The second kappa shape index (κ2) is 42.6. The van der Waals surface area contributed by atoms with Crippen LogP contribution < -0.4 is 21.5 Å². The number of aromatic nitrogens is 4. The van der Waals surface area contributed by atoms with E-state index in [1.54, 1.807) is 46.8 Å². The number of likely N-dealkylation sites (N-methyl/N-ethyl adjacent to an activating group) is 11. The van der Waals surface area contributed by atoms with E-state index >= 15 is 0 Å². The number of nitrogens with one attached hydrogen (secondary N) is 3. The van der Waals surface area contributed by atoms with Crippen LogP contribution in [-0.4, -0.2) is 361 Å². The molecule has 0 unspecified atom stereocenters. The maximum atomic E-state index is 14.6. The lowest BCUT2D eigenvalue weighted by Crippen LogP contribution is -2.53. The van der Waals surface area contributed by atoms with Crippen molar-refractivity contribution >= 4 is 121 Å². The van der Waals surface area contributed by atoms with Crippen molar-refractivity contribution in [2.45, 2.75) is 117 Å². The fourth-order valence-corrected chi connectivity index (χ4v) is 13.9. The number of para-hydroxylation sites is 1. The molecule has 0 saturated heterocycles. The number of carbonyl (C=O) groups excluding carboxylic acids is 16. The number of aliphatic hydroxyl groups is 1. The molecular formula is C85H111N19O23S. The van der Waals surface area contributed by atoms with Gasteiger partial charge in [-0.2, -0.15) is 0 Å². The third-order valence-electron chi connectivity index (χ3n) is 22.0. The van der Waals surface area contributed by atoms with E-state index in [2.05, 4.69) is 26.1 Å². The number of anilines is 1. The minimum atomic E-state index is -3.80. The Balaban J connectivity index is 0.881. The topological polar surface area (TPSA) is 495 Å². The van der Waals surface area contributed by atoms with Crippen LogP contribution in [0.4, 0.5) is 10.5 Å². The minimum Gasteiger partial charge on any atom is -0.458 e. The summed E-state index contributed by atoms with van der Waals surface area (Å²) in [5, 5.41) is 27.2. The third kappa shape index (κ3) is 24.7. The molecule has 3 aromatic heterocycles. The number of hydrogen-bond donors (Lipinski definition) is 4. The molecule has 4 N–H and O–H groups in total. The first-order chi connectivity index (χ1) is 59.9. The van der Waals surface area contributed by atoms with Crippen LogP contribution in [-0.2, 0) is 125 Å². The second-order valence-corrected chi connectivity index (χ2v) is 34.5. The summed E-state index contributed by atoms with van der Waals surface area (Å²) in [6, 6.07) is 16.4. The molecule has 3 atom stereocenters. The average molecular weight is 1800 g/mol. The van der Waals surface area contributed by atoms with Crippen LogP contribution in [0, 0.1) is 5.92 Å². The van der Waals surface area contributed by atoms with Crippen molar-refractivity contribution in [2.75, 3.05) is 161 Å². The average Bonchev–Trinajstić information content (AvgIpc) is 1.54. The molecule has 0 spiro atoms. The lowest BCUT2D eigenvalue weighted by Gasteiger charge is -2.31. The summed E-state index contributed by atoms with van der Waals surface area (Å²) in [5.41, 5.74) is 2.04. The molecule has 3 aromatic carbocycles. The van der Waals surface area contributed by atoms with Crippen LogP contribution >= 0.6 is 0 Å². The van der Waals surface area contributed by atoms with Crippen molar-refractivity contribution < 1.29 is 104 Å². The van der Waals surface area contributed by atoms with Gasteiger partial charge in [0.1, 0.15) is 25.3 Å². The maximum absolute atomic E-state index is 14.6. The van der Waals surface area contributed by atoms with Crippen LogP contribution in [0.2, 0.25) is 0 Å². The predicted molar refractivity (Wildman–Crippen MR) is 460 cm³/mol. The Morgan fingerprint density at radius 2 is 1.04 bits per heavy atom. The first kappa shape index (κ1) is 99.8. The SMILES string of the molecule is CC[C@@]1(O)C(=O)OCc2c1cc1n(c2=O)Cc2c-1nc1ccccc1c2CCN(C(=O)OCc1ccc(NC(=O)[C@H](C)NC(=O)[C@@H](NC(=O)c2ccc(-c3nnc(S(C)(=O)=O)o3)cc2)C(C)C)cc1CN(C)C(=O)CN(C)C(=O)CN(C)C(=O)CN(C)C(=O)CN(C)C(=O)CN(C)C(=O)CN(C)C(=O)CN(C)C(=O)CN(C)C(=O)CN(C)C(=O)CN(C)C(C)=O)C(C)C. The number of sulfone groups is 1. The Hall–Kier alpha value is -13.6. The normalized spacial score (nSPS) is 13.5. The molecule has 15 amide bonds. The summed E-state index contributed by atoms with van der Waals surface area (Å²) < 4.78 is 42.0. The van der Waals surface area contributed by atoms with E-state index in [0.717, 1.165) is 61.3 Å². The zero-order valence-corrected chi connectivity index (χ0v) is 76.1. The van der Waals surface area contributed by atoms with Gasteiger partial charge in [-0.1, -0.05) is 50.1 Å². The highest BCUT2D eigenvalue weighted by molar-refractivity contribution is 7.90. The lowest BCUT2D eigenvalue weighted by atomic mass is 9.86. The first-order valence-corrected chi connectivity index (χ1v) is 42.6. The van der Waals surface area contributed by atoms with Crippen molar-refractivity contribution in [1.29, 1.82) is 0 Å². The number of fused-ring (bicyclic) bond motifs is 5. The fourth-order valence-electron chi connectivity index (χ4n) is 13.5. The number of pyridine rings is 2. The Bertz CT molecular complexity index is 5500. The Kier molecular flexibility index (Phi) is 33.2. The highest BCUT2D eigenvalue weighted by Gasteiger charge is 2.46. The Morgan fingerprint density at radius 1 is 0.570 bits per heavy atom. The molecule has 2 aliphatic rings. The first-order valence-electron chi connectivity index (χ1n) is 40.7. The number of ether oxygens (including phenoxy) is 2. The van der Waals surface area contributed by atoms with Gasteiger partial charge in [0.2, 0.25) is 92.5 Å². The van der Waals surface area contributed by atoms with E-state index in [1.807, 2.05) is 24.3 Å².